The zero-order valence-corrected chi connectivity index (χ0v) is 41.6. The molecular formula is C55H109NO5. The van der Waals surface area contributed by atoms with Gasteiger partial charge < -0.3 is 20.3 Å². The second-order valence-electron chi connectivity index (χ2n) is 19.4. The van der Waals surface area contributed by atoms with Gasteiger partial charge in [0.1, 0.15) is 6.10 Å². The number of amides is 1. The van der Waals surface area contributed by atoms with Crippen molar-refractivity contribution in [2.75, 3.05) is 6.61 Å². The van der Waals surface area contributed by atoms with Crippen LogP contribution in [0, 0.1) is 0 Å². The van der Waals surface area contributed by atoms with E-state index in [-0.39, 0.29) is 24.9 Å². The van der Waals surface area contributed by atoms with Crippen LogP contribution in [0.2, 0.25) is 0 Å². The van der Waals surface area contributed by atoms with E-state index in [2.05, 4.69) is 26.1 Å². The van der Waals surface area contributed by atoms with Gasteiger partial charge in [-0.3, -0.25) is 9.59 Å². The summed E-state index contributed by atoms with van der Waals surface area (Å²) in [5.41, 5.74) is 0. The Labute approximate surface area is 381 Å². The van der Waals surface area contributed by atoms with Crippen molar-refractivity contribution < 1.29 is 24.5 Å². The van der Waals surface area contributed by atoms with Gasteiger partial charge in [-0.25, -0.2) is 0 Å². The summed E-state index contributed by atoms with van der Waals surface area (Å²) in [7, 11) is 0. The molecule has 6 nitrogen and oxygen atoms in total. The molecule has 0 aliphatic rings. The number of carbonyl (C=O) groups excluding carboxylic acids is 2. The second kappa shape index (κ2) is 49.9. The third kappa shape index (κ3) is 45.2. The second-order valence-corrected chi connectivity index (χ2v) is 19.4. The largest absolute Gasteiger partial charge is 0.462 e. The molecular weight excluding hydrogens is 755 g/mol. The molecule has 0 saturated heterocycles. The average molecular weight is 864 g/mol. The lowest BCUT2D eigenvalue weighted by molar-refractivity contribution is -0.151. The zero-order valence-electron chi connectivity index (χ0n) is 41.6. The number of esters is 1. The Hall–Kier alpha value is -1.14. The number of ether oxygens (including phenoxy) is 1. The number of hydrogen-bond acceptors (Lipinski definition) is 5. The molecule has 0 aromatic heterocycles. The van der Waals surface area contributed by atoms with Gasteiger partial charge in [0.05, 0.1) is 25.2 Å². The van der Waals surface area contributed by atoms with Gasteiger partial charge in [0, 0.05) is 6.42 Å². The van der Waals surface area contributed by atoms with Crippen molar-refractivity contribution in [2.45, 2.75) is 334 Å². The molecule has 0 aromatic carbocycles. The molecule has 61 heavy (non-hydrogen) atoms. The Balaban J connectivity index is 4.46. The SMILES string of the molecule is CCCCCCCCCCCCCCCCCCC(=O)OC(CCCCCCCCCCCCCC)CC(=O)NC(CO)C(O)CCCCCCCCCCCCCCCC. The first-order chi connectivity index (χ1) is 30.0. The molecule has 0 radical (unpaired) electrons. The number of aliphatic hydroxyl groups excluding tert-OH is 2. The van der Waals surface area contributed by atoms with Crippen molar-refractivity contribution in [3.63, 3.8) is 0 Å². The van der Waals surface area contributed by atoms with Crippen LogP contribution >= 0.6 is 0 Å². The maximum atomic E-state index is 13.2. The summed E-state index contributed by atoms with van der Waals surface area (Å²) in [5, 5.41) is 23.8. The summed E-state index contributed by atoms with van der Waals surface area (Å²) in [6.45, 7) is 6.52. The van der Waals surface area contributed by atoms with Crippen LogP contribution in [0.5, 0.6) is 0 Å². The van der Waals surface area contributed by atoms with Gasteiger partial charge in [0.25, 0.3) is 0 Å². The van der Waals surface area contributed by atoms with E-state index in [1.807, 2.05) is 0 Å². The van der Waals surface area contributed by atoms with Crippen LogP contribution in [0.1, 0.15) is 316 Å². The van der Waals surface area contributed by atoms with Crippen LogP contribution in [0.25, 0.3) is 0 Å². The smallest absolute Gasteiger partial charge is 0.306 e. The summed E-state index contributed by atoms with van der Waals surface area (Å²) >= 11 is 0. The first kappa shape index (κ1) is 59.9. The van der Waals surface area contributed by atoms with E-state index in [1.54, 1.807) is 0 Å². The van der Waals surface area contributed by atoms with Crippen molar-refractivity contribution >= 4 is 11.9 Å². The average Bonchev–Trinajstić information content (AvgIpc) is 3.25. The lowest BCUT2D eigenvalue weighted by Crippen LogP contribution is -2.46. The number of carbonyl (C=O) groups is 2. The number of nitrogens with one attached hydrogen (secondary N) is 1. The van der Waals surface area contributed by atoms with E-state index in [1.165, 1.54) is 231 Å². The third-order valence-corrected chi connectivity index (χ3v) is 13.2. The minimum absolute atomic E-state index is 0.0881. The first-order valence-electron chi connectivity index (χ1n) is 27.8. The van der Waals surface area contributed by atoms with Gasteiger partial charge in [-0.15, -0.1) is 0 Å². The molecule has 0 fully saturated rings. The minimum atomic E-state index is -0.779. The Bertz CT molecular complexity index is 882. The molecule has 0 bridgehead atoms. The number of unbranched alkanes of at least 4 members (excludes halogenated alkanes) is 39. The van der Waals surface area contributed by atoms with E-state index in [0.29, 0.717) is 19.3 Å². The molecule has 0 heterocycles. The summed E-state index contributed by atoms with van der Waals surface area (Å²) in [4.78, 5) is 26.2. The molecule has 3 N–H and O–H groups in total. The van der Waals surface area contributed by atoms with Crippen LogP contribution in [0.15, 0.2) is 0 Å². The molecule has 0 saturated carbocycles. The normalized spacial score (nSPS) is 13.1. The lowest BCUT2D eigenvalue weighted by Gasteiger charge is -2.24. The van der Waals surface area contributed by atoms with Crippen LogP contribution in [-0.4, -0.2) is 46.9 Å². The van der Waals surface area contributed by atoms with Crippen molar-refractivity contribution in [3.8, 4) is 0 Å². The monoisotopic (exact) mass is 864 g/mol. The highest BCUT2D eigenvalue weighted by molar-refractivity contribution is 5.77. The molecule has 3 unspecified atom stereocenters. The fourth-order valence-corrected chi connectivity index (χ4v) is 8.96. The fourth-order valence-electron chi connectivity index (χ4n) is 8.96. The van der Waals surface area contributed by atoms with Gasteiger partial charge in [0.2, 0.25) is 5.91 Å². The highest BCUT2D eigenvalue weighted by Crippen LogP contribution is 2.19. The topological polar surface area (TPSA) is 95.9 Å². The van der Waals surface area contributed by atoms with Crippen LogP contribution in [0.3, 0.4) is 0 Å². The molecule has 0 spiro atoms. The van der Waals surface area contributed by atoms with Gasteiger partial charge in [-0.2, -0.15) is 0 Å². The fraction of sp³-hybridized carbons (Fsp3) is 0.964. The quantitative estimate of drug-likeness (QED) is 0.0418. The predicted molar refractivity (Wildman–Crippen MR) is 264 cm³/mol. The van der Waals surface area contributed by atoms with Gasteiger partial charge in [-0.1, -0.05) is 278 Å². The van der Waals surface area contributed by atoms with Gasteiger partial charge in [0.15, 0.2) is 0 Å². The number of hydrogen-bond donors (Lipinski definition) is 3. The van der Waals surface area contributed by atoms with E-state index < -0.39 is 18.2 Å². The molecule has 364 valence electrons. The molecule has 3 atom stereocenters. The zero-order chi connectivity index (χ0) is 44.5. The summed E-state index contributed by atoms with van der Waals surface area (Å²) in [6.07, 6.45) is 54.5. The molecule has 6 heteroatoms. The first-order valence-corrected chi connectivity index (χ1v) is 27.8. The van der Waals surface area contributed by atoms with Crippen LogP contribution in [0.4, 0.5) is 0 Å². The number of aliphatic hydroxyl groups is 2. The lowest BCUT2D eigenvalue weighted by atomic mass is 10.0. The van der Waals surface area contributed by atoms with Crippen molar-refractivity contribution in [1.82, 2.24) is 5.32 Å². The Morgan fingerprint density at radius 3 is 1.00 bits per heavy atom. The third-order valence-electron chi connectivity index (χ3n) is 13.2. The molecule has 1 amide bonds. The maximum Gasteiger partial charge on any atom is 0.306 e. The van der Waals surface area contributed by atoms with E-state index in [4.69, 9.17) is 4.74 Å². The van der Waals surface area contributed by atoms with Crippen LogP contribution in [-0.2, 0) is 14.3 Å². The summed E-state index contributed by atoms with van der Waals surface area (Å²) in [6, 6.07) is -0.692. The Morgan fingerprint density at radius 1 is 0.410 bits per heavy atom. The highest BCUT2D eigenvalue weighted by Gasteiger charge is 2.24. The van der Waals surface area contributed by atoms with E-state index in [9.17, 15) is 19.8 Å². The molecule has 0 aliphatic heterocycles. The van der Waals surface area contributed by atoms with Crippen molar-refractivity contribution in [2.24, 2.45) is 0 Å². The molecule has 0 aromatic rings. The summed E-state index contributed by atoms with van der Waals surface area (Å²) in [5.74, 6) is -0.447. The highest BCUT2D eigenvalue weighted by atomic mass is 16.5. The van der Waals surface area contributed by atoms with E-state index in [0.717, 1.165) is 38.5 Å². The van der Waals surface area contributed by atoms with Crippen molar-refractivity contribution in [1.29, 1.82) is 0 Å². The van der Waals surface area contributed by atoms with E-state index >= 15 is 0 Å². The number of rotatable bonds is 51. The Kier molecular flexibility index (Phi) is 48.9. The minimum Gasteiger partial charge on any atom is -0.462 e. The standard InChI is InChI=1S/C55H109NO5/c1-4-7-10-13-16-19-22-25-27-28-30-33-36-39-42-45-48-55(60)61-51(46-43-40-37-34-31-24-21-18-15-12-9-6-3)49-54(59)56-52(50-57)53(58)47-44-41-38-35-32-29-26-23-20-17-14-11-8-5-2/h51-53,57-58H,4-50H2,1-3H3,(H,56,59). The van der Waals surface area contributed by atoms with Gasteiger partial charge >= 0.3 is 5.97 Å². The molecule has 0 rings (SSSR count). The maximum absolute atomic E-state index is 13.2. The van der Waals surface area contributed by atoms with Gasteiger partial charge in [-0.05, 0) is 25.7 Å². The predicted octanol–water partition coefficient (Wildman–Crippen LogP) is 16.7. The van der Waals surface area contributed by atoms with Crippen molar-refractivity contribution in [3.05, 3.63) is 0 Å². The molecule has 0 aliphatic carbocycles. The summed E-state index contributed by atoms with van der Waals surface area (Å²) < 4.78 is 5.95. The Morgan fingerprint density at radius 2 is 0.689 bits per heavy atom. The van der Waals surface area contributed by atoms with Crippen LogP contribution < -0.4 is 5.32 Å².